The standard InChI is InChI=1S/C25H31BrN2O3/c1-3-4-5-6-7-8-9-14-24(29)28-27-18-20-17-21(26)15-16-23(20)31-25(30)22-13-11-10-12-19(22)2/h10-13,15-18H,3-9,14H2,1-2H3,(H,28,29)/b27-18-. The molecule has 0 radical (unpaired) electrons. The first kappa shape index (κ1) is 24.8. The van der Waals surface area contributed by atoms with Gasteiger partial charge in [0.05, 0.1) is 11.8 Å². The summed E-state index contributed by atoms with van der Waals surface area (Å²) in [6.07, 6.45) is 10.1. The van der Waals surface area contributed by atoms with E-state index in [-0.39, 0.29) is 5.91 Å². The van der Waals surface area contributed by atoms with Gasteiger partial charge >= 0.3 is 5.97 Å². The van der Waals surface area contributed by atoms with Crippen LogP contribution in [-0.4, -0.2) is 18.1 Å². The lowest BCUT2D eigenvalue weighted by molar-refractivity contribution is -0.121. The number of aryl methyl sites for hydroxylation is 1. The molecule has 0 aliphatic carbocycles. The second-order valence-electron chi connectivity index (χ2n) is 7.55. The molecular formula is C25H31BrN2O3. The van der Waals surface area contributed by atoms with E-state index in [1.54, 1.807) is 30.3 Å². The van der Waals surface area contributed by atoms with E-state index in [2.05, 4.69) is 33.4 Å². The Labute approximate surface area is 193 Å². The largest absolute Gasteiger partial charge is 0.422 e. The number of halogens is 1. The van der Waals surface area contributed by atoms with Gasteiger partial charge in [-0.2, -0.15) is 5.10 Å². The number of esters is 1. The molecule has 5 nitrogen and oxygen atoms in total. The molecule has 31 heavy (non-hydrogen) atoms. The van der Waals surface area contributed by atoms with Crippen LogP contribution in [0.2, 0.25) is 0 Å². The van der Waals surface area contributed by atoms with Gasteiger partial charge in [0.15, 0.2) is 0 Å². The third-order valence-corrected chi connectivity index (χ3v) is 5.43. The molecule has 0 saturated carbocycles. The molecule has 2 aromatic carbocycles. The molecule has 166 valence electrons. The van der Waals surface area contributed by atoms with Gasteiger partial charge in [-0.15, -0.1) is 0 Å². The molecule has 0 aromatic heterocycles. The van der Waals surface area contributed by atoms with Crippen LogP contribution in [0.25, 0.3) is 0 Å². The van der Waals surface area contributed by atoms with E-state index in [4.69, 9.17) is 4.74 Å². The van der Waals surface area contributed by atoms with E-state index in [0.29, 0.717) is 23.3 Å². The molecule has 0 aliphatic heterocycles. The van der Waals surface area contributed by atoms with Crippen LogP contribution in [0.3, 0.4) is 0 Å². The van der Waals surface area contributed by atoms with Crippen LogP contribution in [0.5, 0.6) is 5.75 Å². The summed E-state index contributed by atoms with van der Waals surface area (Å²) in [6.45, 7) is 4.07. The SMILES string of the molecule is CCCCCCCCCC(=O)N/N=C\c1cc(Br)ccc1OC(=O)c1ccccc1C. The summed E-state index contributed by atoms with van der Waals surface area (Å²) in [5.41, 5.74) is 4.50. The average molecular weight is 487 g/mol. The average Bonchev–Trinajstić information content (AvgIpc) is 2.75. The summed E-state index contributed by atoms with van der Waals surface area (Å²) < 4.78 is 6.40. The first-order valence-corrected chi connectivity index (χ1v) is 11.7. The summed E-state index contributed by atoms with van der Waals surface area (Å²) in [7, 11) is 0. The molecule has 0 aliphatic rings. The first-order chi connectivity index (χ1) is 15.0. The number of amides is 1. The van der Waals surface area contributed by atoms with Crippen LogP contribution >= 0.6 is 15.9 Å². The Hall–Kier alpha value is -2.47. The van der Waals surface area contributed by atoms with E-state index >= 15 is 0 Å². The summed E-state index contributed by atoms with van der Waals surface area (Å²) in [5.74, 6) is -0.169. The van der Waals surface area contributed by atoms with Crippen molar-refractivity contribution in [2.24, 2.45) is 5.10 Å². The molecule has 1 amide bonds. The number of unbranched alkanes of at least 4 members (excludes halogenated alkanes) is 6. The number of hydrogen-bond donors (Lipinski definition) is 1. The van der Waals surface area contributed by atoms with E-state index in [1.807, 2.05) is 19.1 Å². The topological polar surface area (TPSA) is 67.8 Å². The lowest BCUT2D eigenvalue weighted by Crippen LogP contribution is -2.17. The number of nitrogens with one attached hydrogen (secondary N) is 1. The zero-order valence-electron chi connectivity index (χ0n) is 18.3. The Morgan fingerprint density at radius 1 is 1.03 bits per heavy atom. The highest BCUT2D eigenvalue weighted by Gasteiger charge is 2.13. The van der Waals surface area contributed by atoms with Crippen molar-refractivity contribution in [3.05, 3.63) is 63.6 Å². The van der Waals surface area contributed by atoms with Gasteiger partial charge in [-0.25, -0.2) is 10.2 Å². The number of carbonyl (C=O) groups is 2. The van der Waals surface area contributed by atoms with Crippen LogP contribution in [0, 0.1) is 6.92 Å². The maximum absolute atomic E-state index is 12.5. The smallest absolute Gasteiger partial charge is 0.343 e. The molecule has 0 saturated heterocycles. The van der Waals surface area contributed by atoms with Crippen molar-refractivity contribution >= 4 is 34.0 Å². The molecule has 0 heterocycles. The number of hydrogen-bond acceptors (Lipinski definition) is 4. The Morgan fingerprint density at radius 2 is 1.74 bits per heavy atom. The molecule has 2 aromatic rings. The van der Waals surface area contributed by atoms with Crippen LogP contribution in [0.1, 0.15) is 79.8 Å². The monoisotopic (exact) mass is 486 g/mol. The van der Waals surface area contributed by atoms with Crippen LogP contribution in [0.4, 0.5) is 0 Å². The fraction of sp³-hybridized carbons (Fsp3) is 0.400. The van der Waals surface area contributed by atoms with Gasteiger partial charge in [-0.3, -0.25) is 4.79 Å². The van der Waals surface area contributed by atoms with Gasteiger partial charge in [0, 0.05) is 16.5 Å². The van der Waals surface area contributed by atoms with Crippen molar-refractivity contribution < 1.29 is 14.3 Å². The van der Waals surface area contributed by atoms with Crippen molar-refractivity contribution in [1.29, 1.82) is 0 Å². The highest BCUT2D eigenvalue weighted by Crippen LogP contribution is 2.23. The highest BCUT2D eigenvalue weighted by atomic mass is 79.9. The van der Waals surface area contributed by atoms with Crippen LogP contribution in [0.15, 0.2) is 52.0 Å². The molecule has 0 atom stereocenters. The fourth-order valence-corrected chi connectivity index (χ4v) is 3.52. The van der Waals surface area contributed by atoms with Crippen LogP contribution in [-0.2, 0) is 4.79 Å². The van der Waals surface area contributed by atoms with Crippen LogP contribution < -0.4 is 10.2 Å². The lowest BCUT2D eigenvalue weighted by Gasteiger charge is -2.09. The Bertz CT molecular complexity index is 896. The summed E-state index contributed by atoms with van der Waals surface area (Å²) >= 11 is 3.41. The molecule has 0 spiro atoms. The quantitative estimate of drug-likeness (QED) is 0.121. The zero-order chi connectivity index (χ0) is 22.5. The summed E-state index contributed by atoms with van der Waals surface area (Å²) in [5, 5.41) is 4.04. The summed E-state index contributed by atoms with van der Waals surface area (Å²) in [4.78, 5) is 24.5. The minimum absolute atomic E-state index is 0.113. The second-order valence-corrected chi connectivity index (χ2v) is 8.47. The van der Waals surface area contributed by atoms with Crippen molar-refractivity contribution in [3.8, 4) is 5.75 Å². The maximum atomic E-state index is 12.5. The number of nitrogens with zero attached hydrogens (tertiary/aromatic N) is 1. The second kappa shape index (κ2) is 13.8. The number of hydrazone groups is 1. The normalized spacial score (nSPS) is 10.9. The molecule has 0 unspecified atom stereocenters. The third-order valence-electron chi connectivity index (χ3n) is 4.94. The number of carbonyl (C=O) groups excluding carboxylic acids is 2. The summed E-state index contributed by atoms with van der Waals surface area (Å²) in [6, 6.07) is 12.5. The van der Waals surface area contributed by atoms with E-state index < -0.39 is 5.97 Å². The van der Waals surface area contributed by atoms with E-state index in [1.165, 1.54) is 38.3 Å². The van der Waals surface area contributed by atoms with E-state index in [9.17, 15) is 9.59 Å². The fourth-order valence-electron chi connectivity index (χ4n) is 3.14. The van der Waals surface area contributed by atoms with Gasteiger partial charge in [-0.1, -0.05) is 79.6 Å². The molecule has 1 N–H and O–H groups in total. The number of ether oxygens (including phenoxy) is 1. The molecular weight excluding hydrogens is 456 g/mol. The molecule has 0 bridgehead atoms. The van der Waals surface area contributed by atoms with Crippen molar-refractivity contribution in [3.63, 3.8) is 0 Å². The van der Waals surface area contributed by atoms with Crippen molar-refractivity contribution in [2.45, 2.75) is 65.2 Å². The minimum Gasteiger partial charge on any atom is -0.422 e. The molecule has 2 rings (SSSR count). The van der Waals surface area contributed by atoms with Gasteiger partial charge < -0.3 is 4.74 Å². The predicted octanol–water partition coefficient (Wildman–Crippen LogP) is 6.57. The Balaban J connectivity index is 1.87. The van der Waals surface area contributed by atoms with Gasteiger partial charge in [0.25, 0.3) is 0 Å². The lowest BCUT2D eigenvalue weighted by atomic mass is 10.1. The highest BCUT2D eigenvalue weighted by molar-refractivity contribution is 9.10. The first-order valence-electron chi connectivity index (χ1n) is 10.9. The maximum Gasteiger partial charge on any atom is 0.343 e. The zero-order valence-corrected chi connectivity index (χ0v) is 19.9. The minimum atomic E-state index is -0.432. The molecule has 6 heteroatoms. The third kappa shape index (κ3) is 9.05. The van der Waals surface area contributed by atoms with Gasteiger partial charge in [-0.05, 0) is 43.2 Å². The van der Waals surface area contributed by atoms with Crippen molar-refractivity contribution in [1.82, 2.24) is 5.43 Å². The van der Waals surface area contributed by atoms with Gasteiger partial charge in [0.2, 0.25) is 5.91 Å². The Morgan fingerprint density at radius 3 is 2.48 bits per heavy atom. The van der Waals surface area contributed by atoms with E-state index in [0.717, 1.165) is 22.9 Å². The number of benzene rings is 2. The molecule has 0 fully saturated rings. The van der Waals surface area contributed by atoms with Crippen molar-refractivity contribution in [2.75, 3.05) is 0 Å². The predicted molar refractivity (Wildman–Crippen MR) is 129 cm³/mol. The number of rotatable bonds is 12. The van der Waals surface area contributed by atoms with Gasteiger partial charge in [0.1, 0.15) is 5.75 Å². The Kier molecular flexibility index (Phi) is 11.0.